The fourth-order valence-electron chi connectivity index (χ4n) is 3.17. The minimum absolute atomic E-state index is 0.0953. The third kappa shape index (κ3) is 5.76. The van der Waals surface area contributed by atoms with Crippen LogP contribution >= 0.6 is 0 Å². The summed E-state index contributed by atoms with van der Waals surface area (Å²) in [6.07, 6.45) is 1.48. The number of sulfonamides is 1. The minimum Gasteiger partial charge on any atom is -0.492 e. The lowest BCUT2D eigenvalue weighted by atomic mass is 10.1. The van der Waals surface area contributed by atoms with Crippen LogP contribution in [-0.4, -0.2) is 45.6 Å². The maximum Gasteiger partial charge on any atom is 0.240 e. The Morgan fingerprint density at radius 1 is 1.15 bits per heavy atom. The summed E-state index contributed by atoms with van der Waals surface area (Å²) < 4.78 is 46.3. The van der Waals surface area contributed by atoms with Gasteiger partial charge in [-0.3, -0.25) is 4.90 Å². The van der Waals surface area contributed by atoms with Gasteiger partial charge in [-0.1, -0.05) is 12.1 Å². The average Bonchev–Trinajstić information content (AvgIpc) is 2.63. The van der Waals surface area contributed by atoms with Crippen LogP contribution in [0.4, 0.5) is 4.39 Å². The number of ether oxygens (including phenoxy) is 1. The summed E-state index contributed by atoms with van der Waals surface area (Å²) in [6, 6.07) is 12.8. The van der Waals surface area contributed by atoms with E-state index in [9.17, 15) is 12.8 Å². The number of nitrogens with one attached hydrogen (secondary N) is 1. The molecule has 1 aliphatic rings. The zero-order valence-corrected chi connectivity index (χ0v) is 16.2. The molecule has 0 atom stereocenters. The van der Waals surface area contributed by atoms with E-state index in [1.54, 1.807) is 0 Å². The van der Waals surface area contributed by atoms with Crippen molar-refractivity contribution < 1.29 is 17.5 Å². The molecule has 1 aliphatic heterocycles. The molecule has 1 fully saturated rings. The first-order valence-electron chi connectivity index (χ1n) is 9.12. The SMILES string of the molecule is Cc1cccc(OCCN2CCC(NS(=O)(=O)c3ccc(F)cc3)CC2)c1. The first-order chi connectivity index (χ1) is 12.9. The first kappa shape index (κ1) is 19.8. The maximum absolute atomic E-state index is 13.0. The van der Waals surface area contributed by atoms with Gasteiger partial charge in [-0.2, -0.15) is 0 Å². The second-order valence-corrected chi connectivity index (χ2v) is 8.57. The highest BCUT2D eigenvalue weighted by atomic mass is 32.2. The lowest BCUT2D eigenvalue weighted by molar-refractivity contribution is 0.170. The molecule has 2 aromatic carbocycles. The van der Waals surface area contributed by atoms with Gasteiger partial charge in [0.25, 0.3) is 0 Å². The fourth-order valence-corrected chi connectivity index (χ4v) is 4.48. The largest absolute Gasteiger partial charge is 0.492 e. The highest BCUT2D eigenvalue weighted by Gasteiger charge is 2.24. The van der Waals surface area contributed by atoms with Gasteiger partial charge < -0.3 is 4.74 Å². The van der Waals surface area contributed by atoms with E-state index in [1.165, 1.54) is 17.7 Å². The summed E-state index contributed by atoms with van der Waals surface area (Å²) in [5, 5.41) is 0. The van der Waals surface area contributed by atoms with E-state index in [0.717, 1.165) is 50.4 Å². The van der Waals surface area contributed by atoms with Crippen LogP contribution in [-0.2, 0) is 10.0 Å². The molecule has 7 heteroatoms. The van der Waals surface area contributed by atoms with Crippen molar-refractivity contribution in [2.45, 2.75) is 30.7 Å². The zero-order chi connectivity index (χ0) is 19.3. The van der Waals surface area contributed by atoms with E-state index < -0.39 is 15.8 Å². The van der Waals surface area contributed by atoms with E-state index in [-0.39, 0.29) is 10.9 Å². The Bertz CT molecular complexity index is 848. The van der Waals surface area contributed by atoms with E-state index in [4.69, 9.17) is 4.74 Å². The number of hydrogen-bond acceptors (Lipinski definition) is 4. The molecule has 27 heavy (non-hydrogen) atoms. The van der Waals surface area contributed by atoms with Crippen molar-refractivity contribution in [3.8, 4) is 5.75 Å². The Kier molecular flexibility index (Phi) is 6.46. The Hall–Kier alpha value is -1.96. The average molecular weight is 392 g/mol. The molecule has 1 heterocycles. The van der Waals surface area contributed by atoms with Gasteiger partial charge in [-0.25, -0.2) is 17.5 Å². The zero-order valence-electron chi connectivity index (χ0n) is 15.4. The minimum atomic E-state index is -3.61. The number of hydrogen-bond donors (Lipinski definition) is 1. The molecular weight excluding hydrogens is 367 g/mol. The lowest BCUT2D eigenvalue weighted by Crippen LogP contribution is -2.45. The summed E-state index contributed by atoms with van der Waals surface area (Å²) in [6.45, 7) is 5.08. The normalized spacial score (nSPS) is 16.4. The number of rotatable bonds is 7. The van der Waals surface area contributed by atoms with E-state index in [2.05, 4.69) is 9.62 Å². The maximum atomic E-state index is 13.0. The van der Waals surface area contributed by atoms with Gasteiger partial charge in [-0.15, -0.1) is 0 Å². The number of nitrogens with zero attached hydrogens (tertiary/aromatic N) is 1. The highest BCUT2D eigenvalue weighted by molar-refractivity contribution is 7.89. The van der Waals surface area contributed by atoms with Crippen LogP contribution in [0.15, 0.2) is 53.4 Å². The van der Waals surface area contributed by atoms with E-state index >= 15 is 0 Å². The Balaban J connectivity index is 1.42. The molecule has 1 N–H and O–H groups in total. The third-order valence-electron chi connectivity index (χ3n) is 4.70. The number of aryl methyl sites for hydroxylation is 1. The Morgan fingerprint density at radius 3 is 2.52 bits per heavy atom. The molecule has 0 amide bonds. The molecular formula is C20H25FN2O3S. The van der Waals surface area contributed by atoms with Crippen LogP contribution in [0.1, 0.15) is 18.4 Å². The third-order valence-corrected chi connectivity index (χ3v) is 6.24. The number of likely N-dealkylation sites (tertiary alicyclic amines) is 1. The predicted octanol–water partition coefficient (Wildman–Crippen LogP) is 2.96. The number of benzene rings is 2. The van der Waals surface area contributed by atoms with Gasteiger partial charge in [0.1, 0.15) is 18.2 Å². The van der Waals surface area contributed by atoms with Crippen molar-refractivity contribution in [2.75, 3.05) is 26.2 Å². The summed E-state index contributed by atoms with van der Waals surface area (Å²) in [7, 11) is -3.61. The quantitative estimate of drug-likeness (QED) is 0.787. The molecule has 3 rings (SSSR count). The predicted molar refractivity (Wildman–Crippen MR) is 103 cm³/mol. The lowest BCUT2D eigenvalue weighted by Gasteiger charge is -2.32. The summed E-state index contributed by atoms with van der Waals surface area (Å²) in [5.74, 6) is 0.423. The van der Waals surface area contributed by atoms with Crippen molar-refractivity contribution in [3.63, 3.8) is 0 Å². The molecule has 2 aromatic rings. The number of piperidine rings is 1. The van der Waals surface area contributed by atoms with Crippen molar-refractivity contribution >= 4 is 10.0 Å². The topological polar surface area (TPSA) is 58.6 Å². The van der Waals surface area contributed by atoms with Crippen LogP contribution in [0.2, 0.25) is 0 Å². The number of halogens is 1. The molecule has 0 saturated carbocycles. The fraction of sp³-hybridized carbons (Fsp3) is 0.400. The standard InChI is InChI=1S/C20H25FN2O3S/c1-16-3-2-4-19(15-16)26-14-13-23-11-9-18(10-12-23)22-27(24,25)20-7-5-17(21)6-8-20/h2-8,15,18,22H,9-14H2,1H3. The summed E-state index contributed by atoms with van der Waals surface area (Å²) in [4.78, 5) is 2.37. The van der Waals surface area contributed by atoms with Crippen LogP contribution in [0.25, 0.3) is 0 Å². The first-order valence-corrected chi connectivity index (χ1v) is 10.6. The summed E-state index contributed by atoms with van der Waals surface area (Å²) >= 11 is 0. The van der Waals surface area contributed by atoms with Gasteiger partial charge in [0.2, 0.25) is 10.0 Å². The van der Waals surface area contributed by atoms with Gasteiger partial charge in [0.05, 0.1) is 4.90 Å². The Morgan fingerprint density at radius 2 is 1.85 bits per heavy atom. The molecule has 0 aliphatic carbocycles. The van der Waals surface area contributed by atoms with Crippen LogP contribution < -0.4 is 9.46 Å². The molecule has 1 saturated heterocycles. The molecule has 0 radical (unpaired) electrons. The molecule has 0 bridgehead atoms. The Labute approximate surface area is 160 Å². The van der Waals surface area contributed by atoms with Crippen molar-refractivity contribution in [3.05, 3.63) is 59.9 Å². The van der Waals surface area contributed by atoms with Crippen LogP contribution in [0.5, 0.6) is 5.75 Å². The second kappa shape index (κ2) is 8.82. The highest BCUT2D eigenvalue weighted by Crippen LogP contribution is 2.16. The smallest absolute Gasteiger partial charge is 0.240 e. The van der Waals surface area contributed by atoms with Gasteiger partial charge in [0, 0.05) is 12.6 Å². The van der Waals surface area contributed by atoms with Crippen LogP contribution in [0, 0.1) is 12.7 Å². The van der Waals surface area contributed by atoms with Crippen LogP contribution in [0.3, 0.4) is 0 Å². The van der Waals surface area contributed by atoms with Gasteiger partial charge in [0.15, 0.2) is 0 Å². The molecule has 0 unspecified atom stereocenters. The van der Waals surface area contributed by atoms with Gasteiger partial charge >= 0.3 is 0 Å². The molecule has 0 aromatic heterocycles. The van der Waals surface area contributed by atoms with E-state index in [0.29, 0.717) is 6.61 Å². The van der Waals surface area contributed by atoms with Crippen molar-refractivity contribution in [2.24, 2.45) is 0 Å². The molecule has 146 valence electrons. The second-order valence-electron chi connectivity index (χ2n) is 6.86. The van der Waals surface area contributed by atoms with Crippen molar-refractivity contribution in [1.82, 2.24) is 9.62 Å². The summed E-state index contributed by atoms with van der Waals surface area (Å²) in [5.41, 5.74) is 1.17. The van der Waals surface area contributed by atoms with Gasteiger partial charge in [-0.05, 0) is 74.8 Å². The van der Waals surface area contributed by atoms with E-state index in [1.807, 2.05) is 31.2 Å². The molecule has 5 nitrogen and oxygen atoms in total. The monoisotopic (exact) mass is 392 g/mol. The van der Waals surface area contributed by atoms with Crippen molar-refractivity contribution in [1.29, 1.82) is 0 Å². The molecule has 0 spiro atoms.